The van der Waals surface area contributed by atoms with Gasteiger partial charge in [-0.1, -0.05) is 29.8 Å². The number of nitrogens with one attached hydrogen (secondary N) is 1. The molecule has 3 aromatic rings. The van der Waals surface area contributed by atoms with Gasteiger partial charge in [0, 0.05) is 11.2 Å². The second-order valence-electron chi connectivity index (χ2n) is 5.49. The number of carbonyl (C=O) groups is 1. The number of rotatable bonds is 4. The molecule has 0 bridgehead atoms. The van der Waals surface area contributed by atoms with Crippen LogP contribution < -0.4 is 5.32 Å². The van der Waals surface area contributed by atoms with E-state index in [2.05, 4.69) is 15.4 Å². The Bertz CT molecular complexity index is 843. The monoisotopic (exact) mass is 340 g/mol. The molecule has 2 aromatic heterocycles. The zero-order valence-corrected chi connectivity index (χ0v) is 14.2. The molecule has 24 heavy (non-hydrogen) atoms. The number of hydrogen-bond acceptors (Lipinski definition) is 3. The first-order chi connectivity index (χ1) is 11.6. The van der Waals surface area contributed by atoms with Crippen LogP contribution in [0.3, 0.4) is 0 Å². The van der Waals surface area contributed by atoms with Crippen LogP contribution >= 0.6 is 11.6 Å². The summed E-state index contributed by atoms with van der Waals surface area (Å²) in [4.78, 5) is 16.8. The maximum Gasteiger partial charge on any atom is 0.255 e. The van der Waals surface area contributed by atoms with Gasteiger partial charge in [-0.2, -0.15) is 5.10 Å². The van der Waals surface area contributed by atoms with Crippen LogP contribution in [-0.2, 0) is 0 Å². The molecule has 122 valence electrons. The van der Waals surface area contributed by atoms with Crippen molar-refractivity contribution >= 4 is 17.5 Å². The number of nitrogens with zero attached hydrogens (tertiary/aromatic N) is 3. The van der Waals surface area contributed by atoms with E-state index in [1.165, 1.54) is 0 Å². The summed E-state index contributed by atoms with van der Waals surface area (Å²) in [6, 6.07) is 12.9. The number of amides is 1. The molecule has 0 spiro atoms. The van der Waals surface area contributed by atoms with Crippen LogP contribution in [0.5, 0.6) is 0 Å². The zero-order chi connectivity index (χ0) is 17.1. The van der Waals surface area contributed by atoms with Crippen molar-refractivity contribution in [3.05, 3.63) is 76.7 Å². The third-order valence-corrected chi connectivity index (χ3v) is 4.09. The van der Waals surface area contributed by atoms with Crippen molar-refractivity contribution in [3.63, 3.8) is 0 Å². The van der Waals surface area contributed by atoms with Crippen molar-refractivity contribution in [1.82, 2.24) is 20.1 Å². The molecule has 0 saturated carbocycles. The minimum atomic E-state index is -0.169. The van der Waals surface area contributed by atoms with Crippen LogP contribution in [0, 0.1) is 6.92 Å². The van der Waals surface area contributed by atoms with Gasteiger partial charge in [0.15, 0.2) is 5.82 Å². The minimum Gasteiger partial charge on any atom is -0.345 e. The first-order valence-corrected chi connectivity index (χ1v) is 7.96. The molecule has 1 N–H and O–H groups in total. The SMILES string of the molecule is Cc1c(C(=O)N[C@@H](C)c2ccc(Cl)cc2)cnn1-c1ccccn1. The Morgan fingerprint density at radius 1 is 1.21 bits per heavy atom. The molecule has 0 aliphatic rings. The molecule has 1 atom stereocenters. The van der Waals surface area contributed by atoms with Crippen molar-refractivity contribution < 1.29 is 4.79 Å². The van der Waals surface area contributed by atoms with Gasteiger partial charge in [0.2, 0.25) is 0 Å². The number of hydrogen-bond donors (Lipinski definition) is 1. The van der Waals surface area contributed by atoms with Gasteiger partial charge >= 0.3 is 0 Å². The average Bonchev–Trinajstić information content (AvgIpc) is 2.98. The summed E-state index contributed by atoms with van der Waals surface area (Å²) in [5.41, 5.74) is 2.26. The molecule has 0 saturated heterocycles. The van der Waals surface area contributed by atoms with Crippen molar-refractivity contribution in [2.24, 2.45) is 0 Å². The lowest BCUT2D eigenvalue weighted by atomic mass is 10.1. The van der Waals surface area contributed by atoms with E-state index in [0.717, 1.165) is 11.3 Å². The summed E-state index contributed by atoms with van der Waals surface area (Å²) in [6.07, 6.45) is 3.26. The molecule has 5 nitrogen and oxygen atoms in total. The Kier molecular flexibility index (Phi) is 4.62. The molecular formula is C18H17ClN4O. The van der Waals surface area contributed by atoms with Crippen LogP contribution in [0.2, 0.25) is 5.02 Å². The molecule has 3 rings (SSSR count). The summed E-state index contributed by atoms with van der Waals surface area (Å²) >= 11 is 5.90. The lowest BCUT2D eigenvalue weighted by Crippen LogP contribution is -2.27. The second kappa shape index (κ2) is 6.84. The van der Waals surface area contributed by atoms with Crippen LogP contribution in [-0.4, -0.2) is 20.7 Å². The highest BCUT2D eigenvalue weighted by atomic mass is 35.5. The van der Waals surface area contributed by atoms with Crippen molar-refractivity contribution in [2.45, 2.75) is 19.9 Å². The van der Waals surface area contributed by atoms with Crippen molar-refractivity contribution in [3.8, 4) is 5.82 Å². The van der Waals surface area contributed by atoms with Crippen molar-refractivity contribution in [2.75, 3.05) is 0 Å². The Morgan fingerprint density at radius 2 is 1.96 bits per heavy atom. The van der Waals surface area contributed by atoms with Gasteiger partial charge in [0.05, 0.1) is 23.5 Å². The number of aromatic nitrogens is 3. The highest BCUT2D eigenvalue weighted by Gasteiger charge is 2.17. The summed E-state index contributed by atoms with van der Waals surface area (Å²) in [5.74, 6) is 0.511. The summed E-state index contributed by atoms with van der Waals surface area (Å²) in [5, 5.41) is 7.93. The van der Waals surface area contributed by atoms with E-state index in [1.54, 1.807) is 17.1 Å². The van der Waals surface area contributed by atoms with Crippen molar-refractivity contribution in [1.29, 1.82) is 0 Å². The van der Waals surface area contributed by atoms with Gasteiger partial charge in [0.25, 0.3) is 5.91 Å². The normalized spacial score (nSPS) is 12.0. The average molecular weight is 341 g/mol. The largest absolute Gasteiger partial charge is 0.345 e. The zero-order valence-electron chi connectivity index (χ0n) is 13.4. The van der Waals surface area contributed by atoms with E-state index >= 15 is 0 Å². The number of carbonyl (C=O) groups excluding carboxylic acids is 1. The molecular weight excluding hydrogens is 324 g/mol. The van der Waals surface area contributed by atoms with Gasteiger partial charge in [-0.3, -0.25) is 4.79 Å². The molecule has 1 aromatic carbocycles. The fraction of sp³-hybridized carbons (Fsp3) is 0.167. The van der Waals surface area contributed by atoms with Crippen LogP contribution in [0.1, 0.15) is 34.6 Å². The van der Waals surface area contributed by atoms with Gasteiger partial charge in [-0.05, 0) is 43.7 Å². The highest BCUT2D eigenvalue weighted by Crippen LogP contribution is 2.18. The fourth-order valence-electron chi connectivity index (χ4n) is 2.45. The molecule has 0 radical (unpaired) electrons. The van der Waals surface area contributed by atoms with Gasteiger partial charge < -0.3 is 5.32 Å². The first kappa shape index (κ1) is 16.2. The predicted molar refractivity (Wildman–Crippen MR) is 93.4 cm³/mol. The summed E-state index contributed by atoms with van der Waals surface area (Å²) in [6.45, 7) is 3.78. The molecule has 2 heterocycles. The fourth-order valence-corrected chi connectivity index (χ4v) is 2.58. The van der Waals surface area contributed by atoms with E-state index < -0.39 is 0 Å². The Hall–Kier alpha value is -2.66. The van der Waals surface area contributed by atoms with E-state index in [4.69, 9.17) is 11.6 Å². The van der Waals surface area contributed by atoms with Gasteiger partial charge in [-0.25, -0.2) is 9.67 Å². The Labute approximate surface area is 145 Å². The molecule has 0 unspecified atom stereocenters. The lowest BCUT2D eigenvalue weighted by Gasteiger charge is -2.14. The molecule has 1 amide bonds. The smallest absolute Gasteiger partial charge is 0.255 e. The molecule has 0 fully saturated rings. The first-order valence-electron chi connectivity index (χ1n) is 7.58. The predicted octanol–water partition coefficient (Wildman–Crippen LogP) is 3.72. The van der Waals surface area contributed by atoms with E-state index in [0.29, 0.717) is 16.4 Å². The summed E-state index contributed by atoms with van der Waals surface area (Å²) < 4.78 is 1.65. The number of pyridine rings is 1. The van der Waals surface area contributed by atoms with E-state index in [-0.39, 0.29) is 11.9 Å². The van der Waals surface area contributed by atoms with Crippen LogP contribution in [0.15, 0.2) is 54.9 Å². The quantitative estimate of drug-likeness (QED) is 0.787. The third-order valence-electron chi connectivity index (χ3n) is 3.84. The topological polar surface area (TPSA) is 59.8 Å². The van der Waals surface area contributed by atoms with E-state index in [1.807, 2.05) is 56.3 Å². The van der Waals surface area contributed by atoms with Gasteiger partial charge in [0.1, 0.15) is 0 Å². The maximum absolute atomic E-state index is 12.5. The second-order valence-corrected chi connectivity index (χ2v) is 5.93. The van der Waals surface area contributed by atoms with E-state index in [9.17, 15) is 4.79 Å². The minimum absolute atomic E-state index is 0.132. The lowest BCUT2D eigenvalue weighted by molar-refractivity contribution is 0.0939. The molecule has 0 aliphatic carbocycles. The highest BCUT2D eigenvalue weighted by molar-refractivity contribution is 6.30. The Morgan fingerprint density at radius 3 is 2.62 bits per heavy atom. The van der Waals surface area contributed by atoms with Crippen LogP contribution in [0.4, 0.5) is 0 Å². The third kappa shape index (κ3) is 3.31. The summed E-state index contributed by atoms with van der Waals surface area (Å²) in [7, 11) is 0. The molecule has 6 heteroatoms. The standard InChI is InChI=1S/C18H17ClN4O/c1-12(14-6-8-15(19)9-7-14)22-18(24)16-11-21-23(13(16)2)17-5-3-4-10-20-17/h3-12H,1-2H3,(H,22,24)/t12-/m0/s1. The maximum atomic E-state index is 12.5. The number of halogens is 1. The number of benzene rings is 1. The van der Waals surface area contributed by atoms with Crippen LogP contribution in [0.25, 0.3) is 5.82 Å². The Balaban J connectivity index is 1.78. The molecule has 0 aliphatic heterocycles. The van der Waals surface area contributed by atoms with Gasteiger partial charge in [-0.15, -0.1) is 0 Å².